The molecule has 13 heavy (non-hydrogen) atoms. The Hall–Kier alpha value is 0.0700. The van der Waals surface area contributed by atoms with Gasteiger partial charge in [0.25, 0.3) is 0 Å². The minimum Gasteiger partial charge on any atom is -0.494 e. The van der Waals surface area contributed by atoms with Gasteiger partial charge in [0.15, 0.2) is 0 Å². The van der Waals surface area contributed by atoms with Gasteiger partial charge in [-0.2, -0.15) is 0 Å². The Kier molecular flexibility index (Phi) is 3.49. The molecule has 0 heterocycles. The zero-order valence-corrected chi connectivity index (χ0v) is 10.4. The summed E-state index contributed by atoms with van der Waals surface area (Å²) < 4.78 is 5.21. The van der Waals surface area contributed by atoms with E-state index in [4.69, 9.17) is 4.74 Å². The van der Waals surface area contributed by atoms with E-state index >= 15 is 0 Å². The molecule has 1 aromatic carbocycles. The van der Waals surface area contributed by atoms with E-state index in [0.29, 0.717) is 0 Å². The second-order valence-corrected chi connectivity index (χ2v) is 4.17. The molecule has 1 aromatic rings. The number of thiol groups is 3. The molecule has 0 radical (unpaired) electrons. The third-order valence-electron chi connectivity index (χ3n) is 2.06. The summed E-state index contributed by atoms with van der Waals surface area (Å²) in [6.45, 7) is 3.93. The standard InChI is InChI=1S/C9H12OS3/c1-4-7(11)5(2)9(13)6(10-3)8(4)12/h11-13H,1-3H3. The van der Waals surface area contributed by atoms with Crippen molar-refractivity contribution in [2.75, 3.05) is 7.11 Å². The smallest absolute Gasteiger partial charge is 0.146 e. The van der Waals surface area contributed by atoms with Gasteiger partial charge in [-0.05, 0) is 25.0 Å². The zero-order chi connectivity index (χ0) is 10.2. The Morgan fingerprint density at radius 3 is 1.54 bits per heavy atom. The molecule has 0 atom stereocenters. The van der Waals surface area contributed by atoms with E-state index in [1.807, 2.05) is 13.8 Å². The van der Waals surface area contributed by atoms with Crippen molar-refractivity contribution in [2.45, 2.75) is 28.5 Å². The van der Waals surface area contributed by atoms with Crippen LogP contribution in [-0.2, 0) is 0 Å². The van der Waals surface area contributed by atoms with Gasteiger partial charge < -0.3 is 4.74 Å². The third-order valence-corrected chi connectivity index (χ3v) is 3.80. The third kappa shape index (κ3) is 1.80. The van der Waals surface area contributed by atoms with Crippen LogP contribution in [0.2, 0.25) is 0 Å². The number of ether oxygens (including phenoxy) is 1. The molecule has 0 aromatic heterocycles. The molecule has 0 saturated heterocycles. The topological polar surface area (TPSA) is 9.23 Å². The predicted molar refractivity (Wildman–Crippen MR) is 64.2 cm³/mol. The molecule has 0 saturated carbocycles. The molecule has 0 spiro atoms. The second kappa shape index (κ2) is 4.07. The molecule has 0 aliphatic rings. The van der Waals surface area contributed by atoms with Crippen molar-refractivity contribution in [3.05, 3.63) is 11.1 Å². The lowest BCUT2D eigenvalue weighted by molar-refractivity contribution is 0.392. The Morgan fingerprint density at radius 1 is 0.846 bits per heavy atom. The summed E-state index contributed by atoms with van der Waals surface area (Å²) in [6, 6.07) is 0. The molecule has 0 amide bonds. The fourth-order valence-electron chi connectivity index (χ4n) is 1.15. The Labute approximate surface area is 95.1 Å². The Morgan fingerprint density at radius 2 is 1.23 bits per heavy atom. The van der Waals surface area contributed by atoms with Gasteiger partial charge in [-0.3, -0.25) is 0 Å². The van der Waals surface area contributed by atoms with Crippen molar-refractivity contribution in [2.24, 2.45) is 0 Å². The predicted octanol–water partition coefficient (Wildman–Crippen LogP) is 3.18. The molecule has 0 fully saturated rings. The summed E-state index contributed by atoms with van der Waals surface area (Å²) in [5.74, 6) is 0.722. The maximum absolute atomic E-state index is 5.21. The summed E-state index contributed by atoms with van der Waals surface area (Å²) in [6.07, 6.45) is 0. The van der Waals surface area contributed by atoms with Crippen molar-refractivity contribution >= 4 is 37.9 Å². The maximum atomic E-state index is 5.21. The van der Waals surface area contributed by atoms with E-state index in [0.717, 1.165) is 31.6 Å². The number of methoxy groups -OCH3 is 1. The largest absolute Gasteiger partial charge is 0.494 e. The number of rotatable bonds is 1. The van der Waals surface area contributed by atoms with Crippen LogP contribution in [-0.4, -0.2) is 7.11 Å². The van der Waals surface area contributed by atoms with Gasteiger partial charge >= 0.3 is 0 Å². The van der Waals surface area contributed by atoms with E-state index in [9.17, 15) is 0 Å². The highest BCUT2D eigenvalue weighted by Crippen LogP contribution is 2.39. The van der Waals surface area contributed by atoms with Gasteiger partial charge in [-0.15, -0.1) is 37.9 Å². The SMILES string of the molecule is COc1c(S)c(C)c(S)c(C)c1S. The average Bonchev–Trinajstić information content (AvgIpc) is 2.13. The molecule has 0 N–H and O–H groups in total. The van der Waals surface area contributed by atoms with Gasteiger partial charge in [-0.25, -0.2) is 0 Å². The van der Waals surface area contributed by atoms with E-state index in [-0.39, 0.29) is 0 Å². The lowest BCUT2D eigenvalue weighted by atomic mass is 10.1. The van der Waals surface area contributed by atoms with Crippen molar-refractivity contribution in [1.29, 1.82) is 0 Å². The summed E-state index contributed by atoms with van der Waals surface area (Å²) in [4.78, 5) is 2.54. The fraction of sp³-hybridized carbons (Fsp3) is 0.333. The number of benzene rings is 1. The number of hydrogen-bond donors (Lipinski definition) is 3. The first-order chi connectivity index (χ1) is 6.00. The monoisotopic (exact) mass is 232 g/mol. The second-order valence-electron chi connectivity index (χ2n) is 2.83. The highest BCUT2D eigenvalue weighted by molar-refractivity contribution is 7.82. The van der Waals surface area contributed by atoms with Gasteiger partial charge in [0, 0.05) is 4.90 Å². The van der Waals surface area contributed by atoms with Crippen molar-refractivity contribution in [3.8, 4) is 5.75 Å². The van der Waals surface area contributed by atoms with E-state index < -0.39 is 0 Å². The summed E-state index contributed by atoms with van der Waals surface area (Å²) >= 11 is 13.1. The minimum absolute atomic E-state index is 0.722. The molecule has 0 aliphatic carbocycles. The normalized spacial score (nSPS) is 10.3. The van der Waals surface area contributed by atoms with E-state index in [2.05, 4.69) is 37.9 Å². The van der Waals surface area contributed by atoms with Gasteiger partial charge in [0.2, 0.25) is 0 Å². The lowest BCUT2D eigenvalue weighted by Crippen LogP contribution is -1.94. The van der Waals surface area contributed by atoms with Crippen LogP contribution in [0.25, 0.3) is 0 Å². The van der Waals surface area contributed by atoms with Crippen LogP contribution in [0.3, 0.4) is 0 Å². The summed E-state index contributed by atoms with van der Waals surface area (Å²) in [7, 11) is 1.62. The van der Waals surface area contributed by atoms with Gasteiger partial charge in [0.05, 0.1) is 16.9 Å². The van der Waals surface area contributed by atoms with E-state index in [1.165, 1.54) is 0 Å². The molecular formula is C9H12OS3. The average molecular weight is 232 g/mol. The van der Waals surface area contributed by atoms with Gasteiger partial charge in [-0.1, -0.05) is 0 Å². The van der Waals surface area contributed by atoms with Gasteiger partial charge in [0.1, 0.15) is 5.75 Å². The van der Waals surface area contributed by atoms with Crippen LogP contribution in [0.4, 0.5) is 0 Å². The van der Waals surface area contributed by atoms with Crippen molar-refractivity contribution < 1.29 is 4.74 Å². The van der Waals surface area contributed by atoms with Crippen LogP contribution in [0, 0.1) is 13.8 Å². The first-order valence-corrected chi connectivity index (χ1v) is 5.12. The highest BCUT2D eigenvalue weighted by atomic mass is 32.1. The molecule has 0 aliphatic heterocycles. The van der Waals surface area contributed by atoms with Crippen molar-refractivity contribution in [1.82, 2.24) is 0 Å². The van der Waals surface area contributed by atoms with Crippen LogP contribution >= 0.6 is 37.9 Å². The zero-order valence-electron chi connectivity index (χ0n) is 7.75. The molecule has 0 bridgehead atoms. The molecule has 0 unspecified atom stereocenters. The van der Waals surface area contributed by atoms with Crippen molar-refractivity contribution in [3.63, 3.8) is 0 Å². The first kappa shape index (κ1) is 11.1. The number of hydrogen-bond acceptors (Lipinski definition) is 4. The maximum Gasteiger partial charge on any atom is 0.146 e. The van der Waals surface area contributed by atoms with E-state index in [1.54, 1.807) is 7.11 Å². The Bertz CT molecular complexity index is 318. The van der Waals surface area contributed by atoms with Crippen LogP contribution in [0.5, 0.6) is 5.75 Å². The molecule has 4 heteroatoms. The minimum atomic E-state index is 0.722. The van der Waals surface area contributed by atoms with Crippen LogP contribution in [0.1, 0.15) is 11.1 Å². The summed E-state index contributed by atoms with van der Waals surface area (Å²) in [5.41, 5.74) is 2.05. The first-order valence-electron chi connectivity index (χ1n) is 3.78. The lowest BCUT2D eigenvalue weighted by Gasteiger charge is -2.14. The van der Waals surface area contributed by atoms with Crippen LogP contribution in [0.15, 0.2) is 14.7 Å². The fourth-order valence-corrected chi connectivity index (χ4v) is 2.27. The molecule has 72 valence electrons. The highest BCUT2D eigenvalue weighted by Gasteiger charge is 2.13. The Balaban J connectivity index is 3.56. The van der Waals surface area contributed by atoms with Crippen LogP contribution < -0.4 is 4.74 Å². The molecular weight excluding hydrogens is 220 g/mol. The molecule has 1 rings (SSSR count). The molecule has 1 nitrogen and oxygen atoms in total. The summed E-state index contributed by atoms with van der Waals surface area (Å²) in [5, 5.41) is 0. The quantitative estimate of drug-likeness (QED) is 0.630.